The summed E-state index contributed by atoms with van der Waals surface area (Å²) in [6, 6.07) is 9.56. The van der Waals surface area contributed by atoms with Crippen molar-refractivity contribution in [3.8, 4) is 11.1 Å². The van der Waals surface area contributed by atoms with Crippen LogP contribution in [0.25, 0.3) is 11.1 Å². The molecule has 0 radical (unpaired) electrons. The standard InChI is InChI=1S/C16H15FN2O3/c1-10(22-11(2)20)16(21)19-15-8-7-12(9-18-15)13-5-3-4-6-14(13)17/h3-10H,1-2H3,(H,18,19,21). The third-order valence-corrected chi connectivity index (χ3v) is 2.91. The molecule has 1 aromatic heterocycles. The van der Waals surface area contributed by atoms with Gasteiger partial charge >= 0.3 is 5.97 Å². The Kier molecular flexibility index (Phi) is 4.83. The van der Waals surface area contributed by atoms with Crippen molar-refractivity contribution in [1.82, 2.24) is 4.98 Å². The lowest BCUT2D eigenvalue weighted by Crippen LogP contribution is -2.29. The third-order valence-electron chi connectivity index (χ3n) is 2.91. The van der Waals surface area contributed by atoms with E-state index >= 15 is 0 Å². The number of carbonyl (C=O) groups excluding carboxylic acids is 2. The van der Waals surface area contributed by atoms with Crippen LogP contribution in [0.4, 0.5) is 10.2 Å². The van der Waals surface area contributed by atoms with Crippen LogP contribution in [-0.4, -0.2) is 23.0 Å². The Morgan fingerprint density at radius 1 is 1.23 bits per heavy atom. The molecule has 1 atom stereocenters. The molecule has 0 aliphatic rings. The van der Waals surface area contributed by atoms with E-state index < -0.39 is 18.0 Å². The summed E-state index contributed by atoms with van der Waals surface area (Å²) in [7, 11) is 0. The minimum atomic E-state index is -0.912. The van der Waals surface area contributed by atoms with Gasteiger partial charge in [0.05, 0.1) is 0 Å². The number of nitrogens with one attached hydrogen (secondary N) is 1. The van der Waals surface area contributed by atoms with Crippen molar-refractivity contribution in [2.75, 3.05) is 5.32 Å². The highest BCUT2D eigenvalue weighted by Crippen LogP contribution is 2.22. The molecule has 1 amide bonds. The van der Waals surface area contributed by atoms with Gasteiger partial charge in [0, 0.05) is 24.2 Å². The van der Waals surface area contributed by atoms with Crippen LogP contribution in [0.2, 0.25) is 0 Å². The van der Waals surface area contributed by atoms with Gasteiger partial charge < -0.3 is 10.1 Å². The lowest BCUT2D eigenvalue weighted by Gasteiger charge is -2.12. The molecule has 1 heterocycles. The van der Waals surface area contributed by atoms with Gasteiger partial charge in [-0.25, -0.2) is 9.37 Å². The van der Waals surface area contributed by atoms with E-state index in [1.54, 1.807) is 30.3 Å². The van der Waals surface area contributed by atoms with Crippen LogP contribution >= 0.6 is 0 Å². The Morgan fingerprint density at radius 3 is 2.55 bits per heavy atom. The number of amides is 1. The van der Waals surface area contributed by atoms with E-state index in [2.05, 4.69) is 10.3 Å². The van der Waals surface area contributed by atoms with Crippen molar-refractivity contribution in [2.24, 2.45) is 0 Å². The van der Waals surface area contributed by atoms with Crippen LogP contribution in [0.15, 0.2) is 42.6 Å². The number of ether oxygens (including phenoxy) is 1. The van der Waals surface area contributed by atoms with Crippen molar-refractivity contribution < 1.29 is 18.7 Å². The topological polar surface area (TPSA) is 68.3 Å². The van der Waals surface area contributed by atoms with E-state index in [0.29, 0.717) is 16.9 Å². The SMILES string of the molecule is CC(=O)OC(C)C(=O)Nc1ccc(-c2ccccc2F)cn1. The van der Waals surface area contributed by atoms with E-state index in [1.165, 1.54) is 26.1 Å². The molecule has 1 N–H and O–H groups in total. The first kappa shape index (κ1) is 15.6. The first-order valence-corrected chi connectivity index (χ1v) is 6.66. The average molecular weight is 302 g/mol. The molecule has 0 saturated carbocycles. The molecular weight excluding hydrogens is 287 g/mol. The second-order valence-electron chi connectivity index (χ2n) is 4.65. The smallest absolute Gasteiger partial charge is 0.303 e. The summed E-state index contributed by atoms with van der Waals surface area (Å²) in [6.45, 7) is 2.69. The molecule has 1 unspecified atom stereocenters. The van der Waals surface area contributed by atoms with E-state index in [-0.39, 0.29) is 5.82 Å². The van der Waals surface area contributed by atoms with Gasteiger partial charge in [-0.2, -0.15) is 0 Å². The summed E-state index contributed by atoms with van der Waals surface area (Å²) in [4.78, 5) is 26.6. The normalized spacial score (nSPS) is 11.6. The predicted molar refractivity (Wildman–Crippen MR) is 79.5 cm³/mol. The summed E-state index contributed by atoms with van der Waals surface area (Å²) >= 11 is 0. The van der Waals surface area contributed by atoms with Crippen LogP contribution in [0, 0.1) is 5.82 Å². The number of hydrogen-bond donors (Lipinski definition) is 1. The number of aromatic nitrogens is 1. The summed E-state index contributed by atoms with van der Waals surface area (Å²) in [5.41, 5.74) is 1.03. The first-order valence-electron chi connectivity index (χ1n) is 6.66. The van der Waals surface area contributed by atoms with Crippen molar-refractivity contribution in [3.63, 3.8) is 0 Å². The van der Waals surface area contributed by atoms with Crippen LogP contribution in [0.1, 0.15) is 13.8 Å². The van der Waals surface area contributed by atoms with Gasteiger partial charge in [-0.05, 0) is 25.1 Å². The van der Waals surface area contributed by atoms with Crippen molar-refractivity contribution >= 4 is 17.7 Å². The molecule has 2 aromatic rings. The fourth-order valence-corrected chi connectivity index (χ4v) is 1.85. The van der Waals surface area contributed by atoms with Crippen molar-refractivity contribution in [2.45, 2.75) is 20.0 Å². The Hall–Kier alpha value is -2.76. The fraction of sp³-hybridized carbons (Fsp3) is 0.188. The Balaban J connectivity index is 2.08. The number of nitrogens with zero attached hydrogens (tertiary/aromatic N) is 1. The van der Waals surface area contributed by atoms with Crippen molar-refractivity contribution in [1.29, 1.82) is 0 Å². The zero-order valence-corrected chi connectivity index (χ0v) is 12.2. The van der Waals surface area contributed by atoms with Gasteiger partial charge in [0.25, 0.3) is 5.91 Å². The monoisotopic (exact) mass is 302 g/mol. The maximum Gasteiger partial charge on any atom is 0.303 e. The Bertz CT molecular complexity index is 686. The lowest BCUT2D eigenvalue weighted by atomic mass is 10.1. The largest absolute Gasteiger partial charge is 0.453 e. The molecule has 0 saturated heterocycles. The maximum atomic E-state index is 13.7. The molecule has 0 aliphatic carbocycles. The first-order chi connectivity index (χ1) is 10.5. The summed E-state index contributed by atoms with van der Waals surface area (Å²) in [6.07, 6.45) is 0.551. The number of rotatable bonds is 4. The van der Waals surface area contributed by atoms with E-state index in [4.69, 9.17) is 4.74 Å². The zero-order chi connectivity index (χ0) is 16.1. The molecule has 114 valence electrons. The van der Waals surface area contributed by atoms with Crippen LogP contribution in [0.5, 0.6) is 0 Å². The number of pyridine rings is 1. The highest BCUT2D eigenvalue weighted by atomic mass is 19.1. The van der Waals surface area contributed by atoms with E-state index in [0.717, 1.165) is 0 Å². The molecule has 2 rings (SSSR count). The predicted octanol–water partition coefficient (Wildman–Crippen LogP) is 2.78. The minimum Gasteiger partial charge on any atom is -0.453 e. The molecule has 0 bridgehead atoms. The Labute approximate surface area is 127 Å². The quantitative estimate of drug-likeness (QED) is 0.882. The second-order valence-corrected chi connectivity index (χ2v) is 4.65. The number of benzene rings is 1. The summed E-state index contributed by atoms with van der Waals surface area (Å²) < 4.78 is 18.4. The lowest BCUT2D eigenvalue weighted by molar-refractivity contribution is -0.150. The third kappa shape index (κ3) is 3.88. The second kappa shape index (κ2) is 6.80. The highest BCUT2D eigenvalue weighted by Gasteiger charge is 2.16. The number of hydrogen-bond acceptors (Lipinski definition) is 4. The fourth-order valence-electron chi connectivity index (χ4n) is 1.85. The Morgan fingerprint density at radius 2 is 1.95 bits per heavy atom. The number of carbonyl (C=O) groups is 2. The van der Waals surface area contributed by atoms with Gasteiger partial charge in [-0.1, -0.05) is 18.2 Å². The zero-order valence-electron chi connectivity index (χ0n) is 12.2. The summed E-state index contributed by atoms with van der Waals surface area (Å²) in [5.74, 6) is -1.07. The van der Waals surface area contributed by atoms with E-state index in [1.807, 2.05) is 0 Å². The van der Waals surface area contributed by atoms with E-state index in [9.17, 15) is 14.0 Å². The molecule has 0 spiro atoms. The molecule has 0 aliphatic heterocycles. The molecule has 22 heavy (non-hydrogen) atoms. The summed E-state index contributed by atoms with van der Waals surface area (Å²) in [5, 5.41) is 2.52. The highest BCUT2D eigenvalue weighted by molar-refractivity contribution is 5.94. The van der Waals surface area contributed by atoms with Crippen molar-refractivity contribution in [3.05, 3.63) is 48.4 Å². The van der Waals surface area contributed by atoms with Gasteiger partial charge in [0.15, 0.2) is 6.10 Å². The average Bonchev–Trinajstić information content (AvgIpc) is 2.48. The van der Waals surface area contributed by atoms with Gasteiger partial charge in [-0.3, -0.25) is 9.59 Å². The molecular formula is C16H15FN2O3. The molecule has 6 heteroatoms. The minimum absolute atomic E-state index is 0.295. The number of halogens is 1. The maximum absolute atomic E-state index is 13.7. The molecule has 5 nitrogen and oxygen atoms in total. The number of esters is 1. The van der Waals surface area contributed by atoms with Gasteiger partial charge in [-0.15, -0.1) is 0 Å². The van der Waals surface area contributed by atoms with Gasteiger partial charge in [0.1, 0.15) is 11.6 Å². The number of anilines is 1. The van der Waals surface area contributed by atoms with Gasteiger partial charge in [0.2, 0.25) is 0 Å². The van der Waals surface area contributed by atoms with Crippen LogP contribution in [0.3, 0.4) is 0 Å². The molecule has 1 aromatic carbocycles. The van der Waals surface area contributed by atoms with Crippen LogP contribution in [-0.2, 0) is 14.3 Å². The van der Waals surface area contributed by atoms with Crippen LogP contribution < -0.4 is 5.32 Å². The molecule has 0 fully saturated rings.